The first-order chi connectivity index (χ1) is 12.1. The van der Waals surface area contributed by atoms with Crippen LogP contribution in [0.3, 0.4) is 0 Å². The number of likely N-dealkylation sites (N-methyl/N-ethyl adjacent to an activating group) is 1. The van der Waals surface area contributed by atoms with Crippen LogP contribution in [0.25, 0.3) is 0 Å². The lowest BCUT2D eigenvalue weighted by molar-refractivity contribution is -0.134. The van der Waals surface area contributed by atoms with Crippen LogP contribution in [0.4, 0.5) is 0 Å². The van der Waals surface area contributed by atoms with E-state index in [0.29, 0.717) is 15.8 Å². The summed E-state index contributed by atoms with van der Waals surface area (Å²) in [5.41, 5.74) is 0.762. The molecule has 0 bridgehead atoms. The molecule has 1 atom stereocenters. The van der Waals surface area contributed by atoms with Crippen LogP contribution in [0, 0.1) is 0 Å². The molecule has 2 N–H and O–H groups in total. The Balaban J connectivity index is 2.02. The van der Waals surface area contributed by atoms with E-state index in [-0.39, 0.29) is 23.5 Å². The lowest BCUT2D eigenvalue weighted by atomic mass is 10.1. The molecular weight excluding hydrogens is 399 g/mol. The Bertz CT molecular complexity index is 901. The Hall–Kier alpha value is -1.80. The smallest absolute Gasteiger partial charge is 0.260 e. The number of benzene rings is 2. The fourth-order valence-corrected chi connectivity index (χ4v) is 3.19. The average Bonchev–Trinajstić information content (AvgIpc) is 2.58. The number of hydrogen-bond donors (Lipinski definition) is 1. The number of ether oxygens (including phenoxy) is 1. The van der Waals surface area contributed by atoms with E-state index in [1.807, 2.05) is 6.92 Å². The van der Waals surface area contributed by atoms with Crippen molar-refractivity contribution < 1.29 is 17.9 Å². The van der Waals surface area contributed by atoms with Crippen LogP contribution in [-0.2, 0) is 14.8 Å². The van der Waals surface area contributed by atoms with Gasteiger partial charge in [0.2, 0.25) is 10.0 Å². The van der Waals surface area contributed by atoms with E-state index < -0.39 is 10.0 Å². The fourth-order valence-electron chi connectivity index (χ4n) is 2.21. The predicted octanol–water partition coefficient (Wildman–Crippen LogP) is 3.24. The van der Waals surface area contributed by atoms with Crippen molar-refractivity contribution in [1.29, 1.82) is 0 Å². The summed E-state index contributed by atoms with van der Waals surface area (Å²) < 4.78 is 28.1. The van der Waals surface area contributed by atoms with Crippen molar-refractivity contribution in [2.75, 3.05) is 13.7 Å². The first kappa shape index (κ1) is 20.5. The third kappa shape index (κ3) is 5.11. The van der Waals surface area contributed by atoms with E-state index in [1.54, 1.807) is 31.3 Å². The number of nitrogens with two attached hydrogens (primary N) is 1. The van der Waals surface area contributed by atoms with Gasteiger partial charge in [0, 0.05) is 12.1 Å². The fraction of sp³-hybridized carbons (Fsp3) is 0.235. The topological polar surface area (TPSA) is 89.7 Å². The number of carbonyl (C=O) groups is 1. The zero-order valence-corrected chi connectivity index (χ0v) is 16.5. The highest BCUT2D eigenvalue weighted by molar-refractivity contribution is 7.89. The monoisotopic (exact) mass is 416 g/mol. The summed E-state index contributed by atoms with van der Waals surface area (Å²) in [5, 5.41) is 5.87. The van der Waals surface area contributed by atoms with Gasteiger partial charge >= 0.3 is 0 Å². The van der Waals surface area contributed by atoms with Crippen LogP contribution in [0.2, 0.25) is 10.0 Å². The van der Waals surface area contributed by atoms with E-state index in [1.165, 1.54) is 23.1 Å². The minimum Gasteiger partial charge on any atom is -0.482 e. The van der Waals surface area contributed by atoms with Crippen LogP contribution in [-0.4, -0.2) is 32.9 Å². The van der Waals surface area contributed by atoms with Gasteiger partial charge in [0.05, 0.1) is 16.0 Å². The molecule has 0 aliphatic rings. The van der Waals surface area contributed by atoms with Gasteiger partial charge in [-0.1, -0.05) is 35.3 Å². The highest BCUT2D eigenvalue weighted by atomic mass is 35.5. The van der Waals surface area contributed by atoms with Gasteiger partial charge in [-0.15, -0.1) is 0 Å². The first-order valence-corrected chi connectivity index (χ1v) is 9.86. The number of hydrogen-bond acceptors (Lipinski definition) is 4. The van der Waals surface area contributed by atoms with Gasteiger partial charge in [-0.2, -0.15) is 0 Å². The molecule has 0 saturated heterocycles. The second kappa shape index (κ2) is 8.26. The summed E-state index contributed by atoms with van der Waals surface area (Å²) in [5.74, 6) is 0.0991. The zero-order valence-electron chi connectivity index (χ0n) is 14.1. The molecule has 0 heterocycles. The van der Waals surface area contributed by atoms with E-state index in [2.05, 4.69) is 0 Å². The summed E-state index contributed by atoms with van der Waals surface area (Å²) >= 11 is 11.8. The number of primary sulfonamides is 1. The summed E-state index contributed by atoms with van der Waals surface area (Å²) in [4.78, 5) is 13.9. The van der Waals surface area contributed by atoms with Crippen LogP contribution < -0.4 is 9.88 Å². The number of sulfonamides is 1. The molecule has 1 amide bonds. The Labute approximate surface area is 162 Å². The van der Waals surface area contributed by atoms with Crippen molar-refractivity contribution in [2.24, 2.45) is 5.14 Å². The second-order valence-corrected chi connectivity index (χ2v) is 8.06. The van der Waals surface area contributed by atoms with Crippen LogP contribution in [0.1, 0.15) is 18.5 Å². The van der Waals surface area contributed by atoms with Crippen molar-refractivity contribution in [3.63, 3.8) is 0 Å². The maximum Gasteiger partial charge on any atom is 0.260 e. The van der Waals surface area contributed by atoms with Gasteiger partial charge in [-0.3, -0.25) is 4.79 Å². The average molecular weight is 417 g/mol. The second-order valence-electron chi connectivity index (χ2n) is 5.66. The van der Waals surface area contributed by atoms with Gasteiger partial charge in [0.25, 0.3) is 5.91 Å². The number of carbonyl (C=O) groups excluding carboxylic acids is 1. The molecule has 6 nitrogen and oxygen atoms in total. The van der Waals surface area contributed by atoms with Crippen molar-refractivity contribution >= 4 is 39.1 Å². The molecule has 0 aliphatic carbocycles. The summed E-state index contributed by atoms with van der Waals surface area (Å²) in [6.07, 6.45) is 0. The zero-order chi connectivity index (χ0) is 19.5. The Morgan fingerprint density at radius 1 is 1.19 bits per heavy atom. The molecule has 2 aromatic carbocycles. The lowest BCUT2D eigenvalue weighted by Crippen LogP contribution is -2.33. The number of halogens is 2. The Kier molecular flexibility index (Phi) is 6.52. The van der Waals surface area contributed by atoms with Crippen LogP contribution in [0.5, 0.6) is 5.75 Å². The van der Waals surface area contributed by atoms with Gasteiger partial charge in [0.1, 0.15) is 5.75 Å². The minimum atomic E-state index is -3.75. The molecule has 140 valence electrons. The van der Waals surface area contributed by atoms with Crippen molar-refractivity contribution in [3.05, 3.63) is 58.1 Å². The highest BCUT2D eigenvalue weighted by Crippen LogP contribution is 2.28. The van der Waals surface area contributed by atoms with Crippen molar-refractivity contribution in [3.8, 4) is 5.75 Å². The van der Waals surface area contributed by atoms with E-state index in [4.69, 9.17) is 33.1 Å². The molecule has 9 heteroatoms. The minimum absolute atomic E-state index is 0.0168. The Morgan fingerprint density at radius 3 is 2.35 bits per heavy atom. The van der Waals surface area contributed by atoms with E-state index >= 15 is 0 Å². The molecular formula is C17H18Cl2N2O4S. The standard InChI is InChI=1S/C17H18Cl2N2O4S/c1-11(12-3-6-14(7-4-12)26(20,23)24)21(2)17(22)10-25-16-8-5-13(18)9-15(16)19/h3-9,11H,10H2,1-2H3,(H2,20,23,24)/t11-/m1/s1. The maximum atomic E-state index is 12.4. The van der Waals surface area contributed by atoms with Gasteiger partial charge in [0.15, 0.2) is 6.61 Å². The van der Waals surface area contributed by atoms with E-state index in [0.717, 1.165) is 5.56 Å². The quantitative estimate of drug-likeness (QED) is 0.782. The number of amides is 1. The van der Waals surface area contributed by atoms with Crippen molar-refractivity contribution in [2.45, 2.75) is 17.9 Å². The molecule has 0 spiro atoms. The summed E-state index contributed by atoms with van der Waals surface area (Å²) in [6, 6.07) is 10.5. The third-order valence-corrected chi connectivity index (χ3v) is 5.37. The van der Waals surface area contributed by atoms with Gasteiger partial charge in [-0.25, -0.2) is 13.6 Å². The molecule has 0 aromatic heterocycles. The highest BCUT2D eigenvalue weighted by Gasteiger charge is 2.19. The maximum absolute atomic E-state index is 12.4. The van der Waals surface area contributed by atoms with Crippen LogP contribution >= 0.6 is 23.2 Å². The van der Waals surface area contributed by atoms with Gasteiger partial charge < -0.3 is 9.64 Å². The molecule has 2 aromatic rings. The number of nitrogens with zero attached hydrogens (tertiary/aromatic N) is 1. The van der Waals surface area contributed by atoms with Gasteiger partial charge in [-0.05, 0) is 42.8 Å². The number of rotatable bonds is 6. The normalized spacial score (nSPS) is 12.5. The largest absolute Gasteiger partial charge is 0.482 e. The van der Waals surface area contributed by atoms with E-state index in [9.17, 15) is 13.2 Å². The molecule has 0 saturated carbocycles. The molecule has 0 aliphatic heterocycles. The third-order valence-electron chi connectivity index (χ3n) is 3.91. The first-order valence-electron chi connectivity index (χ1n) is 7.56. The molecule has 2 rings (SSSR count). The predicted molar refractivity (Wildman–Crippen MR) is 101 cm³/mol. The Morgan fingerprint density at radius 2 is 1.81 bits per heavy atom. The molecule has 0 unspecified atom stereocenters. The molecule has 0 radical (unpaired) electrons. The summed E-state index contributed by atoms with van der Waals surface area (Å²) in [6.45, 7) is 1.62. The van der Waals surface area contributed by atoms with Crippen LogP contribution in [0.15, 0.2) is 47.4 Å². The lowest BCUT2D eigenvalue weighted by Gasteiger charge is -2.25. The van der Waals surface area contributed by atoms with Crippen molar-refractivity contribution in [1.82, 2.24) is 4.90 Å². The SMILES string of the molecule is C[C@H](c1ccc(S(N)(=O)=O)cc1)N(C)C(=O)COc1ccc(Cl)cc1Cl. The molecule has 0 fully saturated rings. The summed E-state index contributed by atoms with van der Waals surface area (Å²) in [7, 11) is -2.12. The molecule has 26 heavy (non-hydrogen) atoms.